The molecule has 1 aromatic heterocycles. The van der Waals surface area contributed by atoms with Crippen LogP contribution < -0.4 is 14.9 Å². The molecule has 2 aromatic rings. The summed E-state index contributed by atoms with van der Waals surface area (Å²) in [5.41, 5.74) is 1.97. The molecule has 2 N–H and O–H groups in total. The molecule has 1 amide bonds. The van der Waals surface area contributed by atoms with E-state index >= 15 is 0 Å². The second-order valence-electron chi connectivity index (χ2n) is 6.19. The van der Waals surface area contributed by atoms with E-state index in [1.807, 2.05) is 36.1 Å². The number of hydrogen-bond donors (Lipinski definition) is 2. The van der Waals surface area contributed by atoms with Crippen molar-refractivity contribution in [2.45, 2.75) is 30.7 Å². The SMILES string of the molecule is CNS(=O)(=O)c1ccc(NC(C)c2ccc(N3CCCC3=O)cc2)nc1. The van der Waals surface area contributed by atoms with Gasteiger partial charge in [-0.05, 0) is 50.2 Å². The average molecular weight is 374 g/mol. The first-order chi connectivity index (χ1) is 12.4. The van der Waals surface area contributed by atoms with Crippen molar-refractivity contribution in [1.82, 2.24) is 9.71 Å². The minimum atomic E-state index is -3.49. The van der Waals surface area contributed by atoms with Gasteiger partial charge in [-0.15, -0.1) is 0 Å². The Labute approximate surface area is 153 Å². The molecule has 0 aliphatic carbocycles. The van der Waals surface area contributed by atoms with Gasteiger partial charge in [-0.1, -0.05) is 12.1 Å². The first-order valence-electron chi connectivity index (χ1n) is 8.47. The largest absolute Gasteiger partial charge is 0.364 e. The number of anilines is 2. The summed E-state index contributed by atoms with van der Waals surface area (Å²) in [4.78, 5) is 17.9. The van der Waals surface area contributed by atoms with Crippen LogP contribution >= 0.6 is 0 Å². The summed E-state index contributed by atoms with van der Waals surface area (Å²) < 4.78 is 25.7. The molecule has 0 spiro atoms. The maximum absolute atomic E-state index is 11.8. The molecule has 1 unspecified atom stereocenters. The first kappa shape index (κ1) is 18.3. The molecular formula is C18H22N4O3S. The number of carbonyl (C=O) groups excluding carboxylic acids is 1. The highest BCUT2D eigenvalue weighted by Crippen LogP contribution is 2.25. The average Bonchev–Trinajstić information content (AvgIpc) is 3.08. The molecule has 8 heteroatoms. The lowest BCUT2D eigenvalue weighted by atomic mass is 10.1. The fourth-order valence-corrected chi connectivity index (χ4v) is 3.59. The van der Waals surface area contributed by atoms with E-state index in [0.717, 1.165) is 24.2 Å². The van der Waals surface area contributed by atoms with Crippen molar-refractivity contribution in [3.8, 4) is 0 Å². The smallest absolute Gasteiger partial charge is 0.241 e. The van der Waals surface area contributed by atoms with Crippen LogP contribution in [0.3, 0.4) is 0 Å². The third-order valence-corrected chi connectivity index (χ3v) is 5.86. The van der Waals surface area contributed by atoms with E-state index in [1.165, 1.54) is 19.3 Å². The number of sulfonamides is 1. The third kappa shape index (κ3) is 3.86. The van der Waals surface area contributed by atoms with Crippen molar-refractivity contribution in [2.75, 3.05) is 23.8 Å². The van der Waals surface area contributed by atoms with Crippen LogP contribution in [0.4, 0.5) is 11.5 Å². The fraction of sp³-hybridized carbons (Fsp3) is 0.333. The Bertz CT molecular complexity index is 880. The number of benzene rings is 1. The zero-order valence-electron chi connectivity index (χ0n) is 14.8. The van der Waals surface area contributed by atoms with Crippen LogP contribution in [-0.2, 0) is 14.8 Å². The van der Waals surface area contributed by atoms with Gasteiger partial charge < -0.3 is 10.2 Å². The predicted octanol–water partition coefficient (Wildman–Crippen LogP) is 2.29. The molecule has 1 fully saturated rings. The topological polar surface area (TPSA) is 91.4 Å². The summed E-state index contributed by atoms with van der Waals surface area (Å²) in [5, 5.41) is 3.25. The first-order valence-corrected chi connectivity index (χ1v) is 9.95. The highest BCUT2D eigenvalue weighted by Gasteiger charge is 2.21. The minimum Gasteiger partial charge on any atom is -0.364 e. The molecule has 0 saturated carbocycles. The molecule has 26 heavy (non-hydrogen) atoms. The van der Waals surface area contributed by atoms with Gasteiger partial charge in [0, 0.05) is 30.9 Å². The van der Waals surface area contributed by atoms with Gasteiger partial charge in [-0.3, -0.25) is 4.79 Å². The van der Waals surface area contributed by atoms with Crippen molar-refractivity contribution in [2.24, 2.45) is 0 Å². The van der Waals surface area contributed by atoms with E-state index < -0.39 is 10.0 Å². The zero-order valence-corrected chi connectivity index (χ0v) is 15.6. The van der Waals surface area contributed by atoms with Crippen LogP contribution in [0.5, 0.6) is 0 Å². The van der Waals surface area contributed by atoms with Crippen molar-refractivity contribution in [3.63, 3.8) is 0 Å². The Hall–Kier alpha value is -2.45. The van der Waals surface area contributed by atoms with Gasteiger partial charge >= 0.3 is 0 Å². The number of pyridine rings is 1. The molecule has 1 saturated heterocycles. The minimum absolute atomic E-state index is 0.0161. The Morgan fingerprint density at radius 1 is 1.15 bits per heavy atom. The number of hydrogen-bond acceptors (Lipinski definition) is 5. The van der Waals surface area contributed by atoms with E-state index in [0.29, 0.717) is 12.2 Å². The summed E-state index contributed by atoms with van der Waals surface area (Å²) in [6.45, 7) is 2.77. The van der Waals surface area contributed by atoms with Gasteiger partial charge in [0.25, 0.3) is 0 Å². The zero-order chi connectivity index (χ0) is 18.7. The number of rotatable bonds is 6. The Kier molecular flexibility index (Phi) is 5.24. The lowest BCUT2D eigenvalue weighted by Gasteiger charge is -2.18. The standard InChI is InChI=1S/C18H22N4O3S/c1-13(21-17-10-9-16(12-20-17)26(24,25)19-2)14-5-7-15(8-6-14)22-11-3-4-18(22)23/h5-10,12-13,19H,3-4,11H2,1-2H3,(H,20,21). The van der Waals surface area contributed by atoms with Crippen LogP contribution in [0.15, 0.2) is 47.5 Å². The van der Waals surface area contributed by atoms with Crippen LogP contribution in [0, 0.1) is 0 Å². The monoisotopic (exact) mass is 374 g/mol. The molecule has 3 rings (SSSR count). The quantitative estimate of drug-likeness (QED) is 0.809. The highest BCUT2D eigenvalue weighted by molar-refractivity contribution is 7.89. The van der Waals surface area contributed by atoms with Crippen molar-refractivity contribution < 1.29 is 13.2 Å². The molecule has 2 heterocycles. The Morgan fingerprint density at radius 3 is 2.42 bits per heavy atom. The molecule has 7 nitrogen and oxygen atoms in total. The summed E-state index contributed by atoms with van der Waals surface area (Å²) in [5.74, 6) is 0.760. The molecule has 0 bridgehead atoms. The number of nitrogens with zero attached hydrogens (tertiary/aromatic N) is 2. The fourth-order valence-electron chi connectivity index (χ4n) is 2.91. The van der Waals surface area contributed by atoms with E-state index in [2.05, 4.69) is 15.0 Å². The van der Waals surface area contributed by atoms with E-state index in [-0.39, 0.29) is 16.8 Å². The number of aromatic nitrogens is 1. The third-order valence-electron chi connectivity index (χ3n) is 4.46. The van der Waals surface area contributed by atoms with Crippen LogP contribution in [-0.4, -0.2) is 32.9 Å². The lowest BCUT2D eigenvalue weighted by Crippen LogP contribution is -2.23. The molecule has 0 radical (unpaired) electrons. The Morgan fingerprint density at radius 2 is 1.88 bits per heavy atom. The second-order valence-corrected chi connectivity index (χ2v) is 8.08. The summed E-state index contributed by atoms with van der Waals surface area (Å²) in [7, 11) is -2.12. The van der Waals surface area contributed by atoms with Crippen LogP contribution in [0.1, 0.15) is 31.4 Å². The van der Waals surface area contributed by atoms with E-state index in [4.69, 9.17) is 0 Å². The normalized spacial score (nSPS) is 15.9. The molecule has 1 atom stereocenters. The predicted molar refractivity (Wildman–Crippen MR) is 101 cm³/mol. The van der Waals surface area contributed by atoms with Crippen molar-refractivity contribution in [1.29, 1.82) is 0 Å². The highest BCUT2D eigenvalue weighted by atomic mass is 32.2. The molecule has 1 aliphatic heterocycles. The van der Waals surface area contributed by atoms with Gasteiger partial charge in [-0.2, -0.15) is 0 Å². The van der Waals surface area contributed by atoms with Crippen molar-refractivity contribution >= 4 is 27.4 Å². The summed E-state index contributed by atoms with van der Waals surface area (Å²) >= 11 is 0. The van der Waals surface area contributed by atoms with Gasteiger partial charge in [0.15, 0.2) is 0 Å². The van der Waals surface area contributed by atoms with Gasteiger partial charge in [-0.25, -0.2) is 18.1 Å². The van der Waals surface area contributed by atoms with Crippen LogP contribution in [0.2, 0.25) is 0 Å². The van der Waals surface area contributed by atoms with Crippen molar-refractivity contribution in [3.05, 3.63) is 48.2 Å². The second kappa shape index (κ2) is 7.43. The van der Waals surface area contributed by atoms with Crippen LogP contribution in [0.25, 0.3) is 0 Å². The number of nitrogens with one attached hydrogen (secondary N) is 2. The Balaban J connectivity index is 1.68. The number of amides is 1. The van der Waals surface area contributed by atoms with Gasteiger partial charge in [0.05, 0.1) is 0 Å². The lowest BCUT2D eigenvalue weighted by molar-refractivity contribution is -0.117. The summed E-state index contributed by atoms with van der Waals surface area (Å²) in [6.07, 6.45) is 2.84. The van der Waals surface area contributed by atoms with E-state index in [9.17, 15) is 13.2 Å². The van der Waals surface area contributed by atoms with Gasteiger partial charge in [0.1, 0.15) is 10.7 Å². The van der Waals surface area contributed by atoms with Gasteiger partial charge in [0.2, 0.25) is 15.9 Å². The maximum Gasteiger partial charge on any atom is 0.241 e. The molecule has 138 valence electrons. The molecule has 1 aliphatic rings. The summed E-state index contributed by atoms with van der Waals surface area (Å²) in [6, 6.07) is 11.0. The van der Waals surface area contributed by atoms with E-state index in [1.54, 1.807) is 6.07 Å². The molecule has 1 aromatic carbocycles. The maximum atomic E-state index is 11.8. The number of carbonyl (C=O) groups is 1. The molecular weight excluding hydrogens is 352 g/mol.